The van der Waals surface area contributed by atoms with Gasteiger partial charge >= 0.3 is 5.97 Å². The predicted molar refractivity (Wildman–Crippen MR) is 148 cm³/mol. The number of hydrogen-bond donors (Lipinski definition) is 1. The van der Waals surface area contributed by atoms with Crippen LogP contribution in [0.2, 0.25) is 5.02 Å². The smallest absolute Gasteiger partial charge is 0.347 e. The second-order valence-electron chi connectivity index (χ2n) is 8.14. The van der Waals surface area contributed by atoms with Gasteiger partial charge in [0.2, 0.25) is 0 Å². The van der Waals surface area contributed by atoms with Crippen molar-refractivity contribution >= 4 is 29.7 Å². The van der Waals surface area contributed by atoms with Crippen LogP contribution in [0.3, 0.4) is 0 Å². The van der Waals surface area contributed by atoms with E-state index >= 15 is 0 Å². The van der Waals surface area contributed by atoms with Crippen LogP contribution >= 0.6 is 11.6 Å². The summed E-state index contributed by atoms with van der Waals surface area (Å²) in [6.07, 6.45) is 1.45. The fourth-order valence-corrected chi connectivity index (χ4v) is 3.62. The highest BCUT2D eigenvalue weighted by atomic mass is 35.5. The van der Waals surface area contributed by atoms with Crippen molar-refractivity contribution in [3.63, 3.8) is 0 Å². The summed E-state index contributed by atoms with van der Waals surface area (Å²) in [5.74, 6) is 0.617. The summed E-state index contributed by atoms with van der Waals surface area (Å²) in [6.45, 7) is 0.384. The van der Waals surface area contributed by atoms with Gasteiger partial charge in [0.25, 0.3) is 5.91 Å². The van der Waals surface area contributed by atoms with Crippen molar-refractivity contribution in [2.45, 2.75) is 6.61 Å². The average molecular weight is 545 g/mol. The van der Waals surface area contributed by atoms with Gasteiger partial charge in [0.15, 0.2) is 11.5 Å². The minimum absolute atomic E-state index is 0.230. The number of ether oxygens (including phenoxy) is 4. The first-order valence-electron chi connectivity index (χ1n) is 11.8. The van der Waals surface area contributed by atoms with Crippen molar-refractivity contribution in [2.24, 2.45) is 5.10 Å². The molecule has 0 saturated heterocycles. The van der Waals surface area contributed by atoms with E-state index in [-0.39, 0.29) is 17.2 Å². The number of rotatable bonds is 10. The standard InChI is InChI=1S/C30H25ClN2O6/c1-36-26-6-4-3-5-25(26)30(35)39-27-16-9-21(17-28(27)37-2)18-32-33-29(34)22-10-14-24(15-11-22)38-19-20-7-12-23(31)13-8-20/h3-18H,19H2,1-2H3,(H,33,34)/b32-18+. The fraction of sp³-hybridized carbons (Fsp3) is 0.100. The summed E-state index contributed by atoms with van der Waals surface area (Å²) < 4.78 is 21.8. The molecule has 39 heavy (non-hydrogen) atoms. The third-order valence-electron chi connectivity index (χ3n) is 5.53. The van der Waals surface area contributed by atoms with E-state index in [4.69, 9.17) is 30.5 Å². The van der Waals surface area contributed by atoms with Crippen LogP contribution in [0.15, 0.2) is 96.1 Å². The molecule has 0 aromatic heterocycles. The molecule has 0 aliphatic heterocycles. The predicted octanol–water partition coefficient (Wildman–Crippen LogP) is 5.92. The van der Waals surface area contributed by atoms with Gasteiger partial charge in [-0.3, -0.25) is 4.79 Å². The van der Waals surface area contributed by atoms with Crippen molar-refractivity contribution in [1.29, 1.82) is 0 Å². The minimum atomic E-state index is -0.583. The summed E-state index contributed by atoms with van der Waals surface area (Å²) in [5.41, 5.74) is 4.79. The number of nitrogens with one attached hydrogen (secondary N) is 1. The first-order chi connectivity index (χ1) is 19.0. The van der Waals surface area contributed by atoms with E-state index in [1.807, 2.05) is 12.1 Å². The number of carbonyl (C=O) groups excluding carboxylic acids is 2. The molecule has 4 rings (SSSR count). The second kappa shape index (κ2) is 13.1. The topological polar surface area (TPSA) is 95.5 Å². The van der Waals surface area contributed by atoms with Crippen molar-refractivity contribution in [3.8, 4) is 23.0 Å². The average Bonchev–Trinajstić information content (AvgIpc) is 2.97. The molecule has 0 aliphatic rings. The molecule has 0 aliphatic carbocycles. The van der Waals surface area contributed by atoms with E-state index < -0.39 is 5.97 Å². The number of benzene rings is 4. The van der Waals surface area contributed by atoms with E-state index in [9.17, 15) is 9.59 Å². The summed E-state index contributed by atoms with van der Waals surface area (Å²) in [4.78, 5) is 25.1. The Bertz CT molecular complexity index is 1470. The Morgan fingerprint density at radius 3 is 2.28 bits per heavy atom. The van der Waals surface area contributed by atoms with Gasteiger partial charge in [-0.25, -0.2) is 10.2 Å². The van der Waals surface area contributed by atoms with Gasteiger partial charge in [-0.15, -0.1) is 0 Å². The summed E-state index contributed by atoms with van der Waals surface area (Å²) in [6, 6.07) is 25.8. The van der Waals surface area contributed by atoms with Gasteiger partial charge in [0, 0.05) is 10.6 Å². The highest BCUT2D eigenvalue weighted by molar-refractivity contribution is 6.30. The van der Waals surface area contributed by atoms with Crippen molar-refractivity contribution in [2.75, 3.05) is 14.2 Å². The number of halogens is 1. The number of para-hydroxylation sites is 1. The molecule has 0 bridgehead atoms. The zero-order chi connectivity index (χ0) is 27.6. The van der Waals surface area contributed by atoms with Crippen molar-refractivity contribution in [1.82, 2.24) is 5.43 Å². The number of methoxy groups -OCH3 is 2. The number of hydrazone groups is 1. The molecule has 1 N–H and O–H groups in total. The third kappa shape index (κ3) is 7.37. The molecule has 0 heterocycles. The highest BCUT2D eigenvalue weighted by Crippen LogP contribution is 2.29. The maximum absolute atomic E-state index is 12.6. The Kier molecular flexibility index (Phi) is 9.16. The lowest BCUT2D eigenvalue weighted by atomic mass is 10.2. The summed E-state index contributed by atoms with van der Waals surface area (Å²) >= 11 is 5.90. The molecule has 0 fully saturated rings. The van der Waals surface area contributed by atoms with Crippen LogP contribution in [0.5, 0.6) is 23.0 Å². The van der Waals surface area contributed by atoms with Gasteiger partial charge in [-0.1, -0.05) is 35.9 Å². The number of nitrogens with zero attached hydrogens (tertiary/aromatic N) is 1. The zero-order valence-electron chi connectivity index (χ0n) is 21.2. The largest absolute Gasteiger partial charge is 0.496 e. The maximum atomic E-state index is 12.6. The molecule has 4 aromatic carbocycles. The van der Waals surface area contributed by atoms with E-state index in [2.05, 4.69) is 10.5 Å². The molecule has 8 nitrogen and oxygen atoms in total. The van der Waals surface area contributed by atoms with Gasteiger partial charge in [-0.05, 0) is 77.9 Å². The van der Waals surface area contributed by atoms with Crippen LogP contribution in [-0.4, -0.2) is 32.3 Å². The number of amides is 1. The maximum Gasteiger partial charge on any atom is 0.347 e. The van der Waals surface area contributed by atoms with E-state index in [0.29, 0.717) is 40.0 Å². The Morgan fingerprint density at radius 1 is 0.846 bits per heavy atom. The van der Waals surface area contributed by atoms with Crippen molar-refractivity contribution < 1.29 is 28.5 Å². The Balaban J connectivity index is 1.33. The lowest BCUT2D eigenvalue weighted by Gasteiger charge is -2.11. The lowest BCUT2D eigenvalue weighted by Crippen LogP contribution is -2.17. The van der Waals surface area contributed by atoms with E-state index in [0.717, 1.165) is 5.56 Å². The number of esters is 1. The number of hydrogen-bond acceptors (Lipinski definition) is 7. The third-order valence-corrected chi connectivity index (χ3v) is 5.78. The quantitative estimate of drug-likeness (QED) is 0.115. The Labute approximate surface area is 230 Å². The van der Waals surface area contributed by atoms with Crippen LogP contribution in [0.4, 0.5) is 0 Å². The minimum Gasteiger partial charge on any atom is -0.496 e. The lowest BCUT2D eigenvalue weighted by molar-refractivity contribution is 0.0726. The monoisotopic (exact) mass is 544 g/mol. The van der Waals surface area contributed by atoms with Gasteiger partial charge in [-0.2, -0.15) is 5.10 Å². The van der Waals surface area contributed by atoms with Crippen LogP contribution in [0.25, 0.3) is 0 Å². The van der Waals surface area contributed by atoms with Crippen LogP contribution in [0, 0.1) is 0 Å². The molecule has 1 amide bonds. The molecule has 0 atom stereocenters. The molecule has 0 unspecified atom stereocenters. The SMILES string of the molecule is COc1cc(/C=N/NC(=O)c2ccc(OCc3ccc(Cl)cc3)cc2)ccc1OC(=O)c1ccccc1OC. The van der Waals surface area contributed by atoms with Crippen LogP contribution in [0.1, 0.15) is 31.8 Å². The summed E-state index contributed by atoms with van der Waals surface area (Å²) in [5, 5.41) is 4.68. The fourth-order valence-electron chi connectivity index (χ4n) is 3.50. The molecule has 0 radical (unpaired) electrons. The van der Waals surface area contributed by atoms with Crippen LogP contribution < -0.4 is 24.4 Å². The molecular weight excluding hydrogens is 520 g/mol. The van der Waals surface area contributed by atoms with E-state index in [1.54, 1.807) is 78.9 Å². The van der Waals surface area contributed by atoms with E-state index in [1.165, 1.54) is 20.4 Å². The molecule has 0 saturated carbocycles. The second-order valence-corrected chi connectivity index (χ2v) is 8.58. The molecular formula is C30H25ClN2O6. The molecule has 4 aromatic rings. The van der Waals surface area contributed by atoms with Gasteiger partial charge in [0.05, 0.1) is 20.4 Å². The first kappa shape index (κ1) is 27.2. The highest BCUT2D eigenvalue weighted by Gasteiger charge is 2.16. The Morgan fingerprint density at radius 2 is 1.56 bits per heavy atom. The first-order valence-corrected chi connectivity index (χ1v) is 12.2. The molecule has 0 spiro atoms. The molecule has 198 valence electrons. The summed E-state index contributed by atoms with van der Waals surface area (Å²) in [7, 11) is 2.94. The number of carbonyl (C=O) groups is 2. The normalized spacial score (nSPS) is 10.6. The van der Waals surface area contributed by atoms with Gasteiger partial charge in [0.1, 0.15) is 23.7 Å². The molecule has 9 heteroatoms. The van der Waals surface area contributed by atoms with Crippen molar-refractivity contribution in [3.05, 3.63) is 118 Å². The van der Waals surface area contributed by atoms with Crippen LogP contribution in [-0.2, 0) is 6.61 Å². The van der Waals surface area contributed by atoms with Gasteiger partial charge < -0.3 is 18.9 Å². The Hall–Kier alpha value is -4.82. The zero-order valence-corrected chi connectivity index (χ0v) is 22.0.